The van der Waals surface area contributed by atoms with Crippen molar-refractivity contribution in [3.05, 3.63) is 23.7 Å². The molecule has 0 aromatic carbocycles. The van der Waals surface area contributed by atoms with Gasteiger partial charge >= 0.3 is 0 Å². The van der Waals surface area contributed by atoms with E-state index in [2.05, 4.69) is 21.5 Å². The van der Waals surface area contributed by atoms with Crippen molar-refractivity contribution >= 4 is 34.3 Å². The summed E-state index contributed by atoms with van der Waals surface area (Å²) in [5, 5.41) is 9.45. The van der Waals surface area contributed by atoms with Crippen molar-refractivity contribution in [2.75, 3.05) is 26.3 Å². The van der Waals surface area contributed by atoms with Gasteiger partial charge in [0, 0.05) is 31.6 Å². The third-order valence-electron chi connectivity index (χ3n) is 4.89. The molecule has 1 saturated heterocycles. The largest absolute Gasteiger partial charge is 0.460 e. The molecule has 1 aliphatic heterocycles. The van der Waals surface area contributed by atoms with E-state index >= 15 is 0 Å². The van der Waals surface area contributed by atoms with Gasteiger partial charge < -0.3 is 14.1 Å². The number of carbonyl (C=O) groups is 1. The van der Waals surface area contributed by atoms with Gasteiger partial charge in [-0.1, -0.05) is 25.6 Å². The number of aromatic nitrogens is 3. The smallest absolute Gasteiger partial charge is 0.236 e. The molecule has 4 heterocycles. The Morgan fingerprint density at radius 2 is 2.00 bits per heavy atom. The van der Waals surface area contributed by atoms with E-state index < -0.39 is 0 Å². The fourth-order valence-corrected chi connectivity index (χ4v) is 4.54. The molecule has 1 unspecified atom stereocenters. The van der Waals surface area contributed by atoms with E-state index in [1.54, 1.807) is 0 Å². The highest BCUT2D eigenvalue weighted by molar-refractivity contribution is 8.00. The highest BCUT2D eigenvalue weighted by Crippen LogP contribution is 2.33. The number of aryl methyl sites for hydroxylation is 2. The Balaban J connectivity index is 1.70. The molecule has 27 heavy (non-hydrogen) atoms. The number of amides is 1. The summed E-state index contributed by atoms with van der Waals surface area (Å²) in [5.74, 6) is 1.91. The number of carbonyl (C=O) groups excluding carboxylic acids is 1. The summed E-state index contributed by atoms with van der Waals surface area (Å²) >= 11 is 1.49. The summed E-state index contributed by atoms with van der Waals surface area (Å²) in [6, 6.07) is 4.03. The molecule has 1 fully saturated rings. The van der Waals surface area contributed by atoms with Crippen LogP contribution in [0.1, 0.15) is 31.9 Å². The standard InChI is InChI=1S/C19H24N4O3S/c1-4-16(19(24)22-6-8-25-9-7-22)27-18-14-11-15-13(10-12(3)26-15)23(14)17(5-2)20-21-18/h10-11,16H,4-9H2,1-3H3. The van der Waals surface area contributed by atoms with Gasteiger partial charge in [-0.2, -0.15) is 0 Å². The maximum atomic E-state index is 12.9. The van der Waals surface area contributed by atoms with Crippen molar-refractivity contribution in [1.82, 2.24) is 19.5 Å². The summed E-state index contributed by atoms with van der Waals surface area (Å²) in [7, 11) is 0. The number of nitrogens with zero attached hydrogens (tertiary/aromatic N) is 4. The molecule has 1 aliphatic rings. The van der Waals surface area contributed by atoms with Crippen LogP contribution in [-0.2, 0) is 16.0 Å². The second-order valence-electron chi connectivity index (χ2n) is 6.70. The minimum absolute atomic E-state index is 0.149. The Morgan fingerprint density at radius 1 is 1.22 bits per heavy atom. The van der Waals surface area contributed by atoms with Crippen LogP contribution in [0.3, 0.4) is 0 Å². The highest BCUT2D eigenvalue weighted by Gasteiger charge is 2.27. The van der Waals surface area contributed by atoms with E-state index in [0.717, 1.165) is 46.1 Å². The van der Waals surface area contributed by atoms with Gasteiger partial charge in [-0.05, 0) is 13.3 Å². The Hall–Kier alpha value is -2.06. The van der Waals surface area contributed by atoms with Gasteiger partial charge in [-0.25, -0.2) is 0 Å². The number of furan rings is 1. The summed E-state index contributed by atoms with van der Waals surface area (Å²) in [6.45, 7) is 8.57. The number of rotatable bonds is 5. The topological polar surface area (TPSA) is 72.9 Å². The van der Waals surface area contributed by atoms with Crippen molar-refractivity contribution in [1.29, 1.82) is 0 Å². The van der Waals surface area contributed by atoms with E-state index in [4.69, 9.17) is 9.15 Å². The summed E-state index contributed by atoms with van der Waals surface area (Å²) in [6.07, 6.45) is 1.51. The van der Waals surface area contributed by atoms with Crippen LogP contribution in [0.15, 0.2) is 21.6 Å². The molecule has 3 aromatic heterocycles. The molecule has 0 bridgehead atoms. The van der Waals surface area contributed by atoms with Crippen molar-refractivity contribution in [3.63, 3.8) is 0 Å². The molecule has 1 atom stereocenters. The Bertz CT molecular complexity index is 974. The normalized spacial score (nSPS) is 16.3. The monoisotopic (exact) mass is 388 g/mol. The first-order valence-corrected chi connectivity index (χ1v) is 10.3. The molecular formula is C19H24N4O3S. The van der Waals surface area contributed by atoms with Crippen LogP contribution in [0, 0.1) is 6.92 Å². The number of hydrogen-bond donors (Lipinski definition) is 0. The van der Waals surface area contributed by atoms with Gasteiger partial charge in [0.15, 0.2) is 5.58 Å². The van der Waals surface area contributed by atoms with E-state index in [-0.39, 0.29) is 11.2 Å². The van der Waals surface area contributed by atoms with Crippen LogP contribution in [0.25, 0.3) is 16.6 Å². The second-order valence-corrected chi connectivity index (χ2v) is 7.89. The van der Waals surface area contributed by atoms with E-state index in [0.29, 0.717) is 26.3 Å². The number of ether oxygens (including phenoxy) is 1. The Kier molecular flexibility index (Phi) is 5.10. The summed E-state index contributed by atoms with van der Waals surface area (Å²) in [4.78, 5) is 14.8. The lowest BCUT2D eigenvalue weighted by molar-refractivity contribution is -0.134. The molecule has 0 aliphatic carbocycles. The SMILES string of the molecule is CCc1nnc(SC(CC)C(=O)N2CCOCC2)c2cc3oc(C)cc3n12. The molecule has 1 amide bonds. The van der Waals surface area contributed by atoms with Crippen molar-refractivity contribution in [3.8, 4) is 0 Å². The molecule has 3 aromatic rings. The van der Waals surface area contributed by atoms with Crippen molar-refractivity contribution in [2.45, 2.75) is 43.9 Å². The van der Waals surface area contributed by atoms with E-state index in [9.17, 15) is 4.79 Å². The third kappa shape index (κ3) is 3.32. The van der Waals surface area contributed by atoms with Gasteiger partial charge in [0.2, 0.25) is 5.91 Å². The van der Waals surface area contributed by atoms with Gasteiger partial charge in [0.25, 0.3) is 0 Å². The first-order valence-electron chi connectivity index (χ1n) is 9.42. The van der Waals surface area contributed by atoms with E-state index in [1.807, 2.05) is 30.9 Å². The fourth-order valence-electron chi connectivity index (χ4n) is 3.49. The van der Waals surface area contributed by atoms with E-state index in [1.165, 1.54) is 11.8 Å². The molecule has 144 valence electrons. The lowest BCUT2D eigenvalue weighted by Gasteiger charge is -2.29. The van der Waals surface area contributed by atoms with Crippen molar-refractivity contribution in [2.24, 2.45) is 0 Å². The molecule has 0 radical (unpaired) electrons. The lowest BCUT2D eigenvalue weighted by atomic mass is 10.2. The zero-order chi connectivity index (χ0) is 19.0. The summed E-state index contributed by atoms with van der Waals surface area (Å²) < 4.78 is 13.3. The highest BCUT2D eigenvalue weighted by atomic mass is 32.2. The average molecular weight is 388 g/mol. The van der Waals surface area contributed by atoms with Crippen LogP contribution in [0.4, 0.5) is 0 Å². The average Bonchev–Trinajstić information content (AvgIpc) is 3.22. The maximum absolute atomic E-state index is 12.9. The van der Waals surface area contributed by atoms with Gasteiger partial charge in [-0.15, -0.1) is 10.2 Å². The van der Waals surface area contributed by atoms with Gasteiger partial charge in [-0.3, -0.25) is 9.20 Å². The molecule has 7 nitrogen and oxygen atoms in total. The number of hydrogen-bond acceptors (Lipinski definition) is 6. The molecular weight excluding hydrogens is 364 g/mol. The zero-order valence-corrected chi connectivity index (χ0v) is 16.7. The van der Waals surface area contributed by atoms with Gasteiger partial charge in [0.05, 0.1) is 29.5 Å². The first-order chi connectivity index (χ1) is 13.1. The first kappa shape index (κ1) is 18.3. The molecule has 8 heteroatoms. The number of morpholine rings is 1. The Labute approximate surface area is 162 Å². The fraction of sp³-hybridized carbons (Fsp3) is 0.526. The minimum atomic E-state index is -0.184. The van der Waals surface area contributed by atoms with Crippen LogP contribution >= 0.6 is 11.8 Å². The number of thioether (sulfide) groups is 1. The zero-order valence-electron chi connectivity index (χ0n) is 15.9. The maximum Gasteiger partial charge on any atom is 0.236 e. The molecule has 4 rings (SSSR count). The van der Waals surface area contributed by atoms with Crippen LogP contribution in [0.5, 0.6) is 0 Å². The van der Waals surface area contributed by atoms with Crippen LogP contribution < -0.4 is 0 Å². The predicted octanol–water partition coefficient (Wildman–Crippen LogP) is 3.08. The minimum Gasteiger partial charge on any atom is -0.460 e. The quantitative estimate of drug-likeness (QED) is 0.626. The van der Waals surface area contributed by atoms with Crippen LogP contribution in [0.2, 0.25) is 0 Å². The molecule has 0 saturated carbocycles. The third-order valence-corrected chi connectivity index (χ3v) is 6.22. The summed E-state index contributed by atoms with van der Waals surface area (Å²) in [5.41, 5.74) is 2.78. The number of fused-ring (bicyclic) bond motifs is 3. The predicted molar refractivity (Wildman–Crippen MR) is 104 cm³/mol. The van der Waals surface area contributed by atoms with Crippen molar-refractivity contribution < 1.29 is 13.9 Å². The lowest BCUT2D eigenvalue weighted by Crippen LogP contribution is -2.44. The Morgan fingerprint density at radius 3 is 2.70 bits per heavy atom. The second kappa shape index (κ2) is 7.52. The van der Waals surface area contributed by atoms with Gasteiger partial charge in [0.1, 0.15) is 16.6 Å². The van der Waals surface area contributed by atoms with Crippen LogP contribution in [-0.4, -0.2) is 57.0 Å². The molecule has 0 spiro atoms. The molecule has 0 N–H and O–H groups in total.